The maximum atomic E-state index is 11.8. The molecule has 1 N–H and O–H groups in total. The van der Waals surface area contributed by atoms with Crippen LogP contribution in [0, 0.1) is 0 Å². The van der Waals surface area contributed by atoms with Crippen molar-refractivity contribution in [3.8, 4) is 0 Å². The van der Waals surface area contributed by atoms with Gasteiger partial charge in [0.2, 0.25) is 11.9 Å². The number of rotatable bonds is 3. The van der Waals surface area contributed by atoms with Gasteiger partial charge in [0.25, 0.3) is 0 Å². The molecule has 0 bridgehead atoms. The van der Waals surface area contributed by atoms with Gasteiger partial charge >= 0.3 is 0 Å². The van der Waals surface area contributed by atoms with E-state index >= 15 is 0 Å². The maximum absolute atomic E-state index is 11.8. The lowest BCUT2D eigenvalue weighted by Gasteiger charge is -2.05. The van der Waals surface area contributed by atoms with Gasteiger partial charge in [-0.05, 0) is 17.7 Å². The highest BCUT2D eigenvalue weighted by atomic mass is 35.5. The summed E-state index contributed by atoms with van der Waals surface area (Å²) in [5.74, 6) is -0.0649. The SMILES string of the molecule is O=C(Cc1ccccc1Cl)Nc1nccc(Cl)n1. The van der Waals surface area contributed by atoms with Crippen molar-refractivity contribution in [2.45, 2.75) is 6.42 Å². The molecule has 92 valence electrons. The molecule has 0 spiro atoms. The smallest absolute Gasteiger partial charge is 0.231 e. The summed E-state index contributed by atoms with van der Waals surface area (Å²) >= 11 is 11.7. The second kappa shape index (κ2) is 5.80. The molecule has 0 saturated heterocycles. The zero-order valence-electron chi connectivity index (χ0n) is 9.23. The fourth-order valence-electron chi connectivity index (χ4n) is 1.38. The van der Waals surface area contributed by atoms with Gasteiger partial charge in [-0.3, -0.25) is 10.1 Å². The molecule has 0 radical (unpaired) electrons. The van der Waals surface area contributed by atoms with Gasteiger partial charge in [-0.15, -0.1) is 0 Å². The second-order valence-electron chi connectivity index (χ2n) is 3.52. The number of carbonyl (C=O) groups is 1. The van der Waals surface area contributed by atoms with Crippen LogP contribution >= 0.6 is 23.2 Å². The van der Waals surface area contributed by atoms with Crippen LogP contribution in [-0.4, -0.2) is 15.9 Å². The molecule has 0 saturated carbocycles. The molecule has 2 aromatic rings. The molecule has 0 atom stereocenters. The number of nitrogens with zero attached hydrogens (tertiary/aromatic N) is 2. The summed E-state index contributed by atoms with van der Waals surface area (Å²) < 4.78 is 0. The molecule has 18 heavy (non-hydrogen) atoms. The largest absolute Gasteiger partial charge is 0.294 e. The van der Waals surface area contributed by atoms with Crippen LogP contribution in [0.3, 0.4) is 0 Å². The van der Waals surface area contributed by atoms with Crippen LogP contribution in [0.15, 0.2) is 36.5 Å². The molecule has 1 amide bonds. The number of amides is 1. The van der Waals surface area contributed by atoms with E-state index in [1.807, 2.05) is 12.1 Å². The molecule has 1 aromatic heterocycles. The number of benzene rings is 1. The third kappa shape index (κ3) is 3.42. The van der Waals surface area contributed by atoms with Crippen LogP contribution in [0.25, 0.3) is 0 Å². The molecule has 1 aromatic carbocycles. The molecule has 0 aliphatic heterocycles. The van der Waals surface area contributed by atoms with Gasteiger partial charge in [0.15, 0.2) is 0 Å². The quantitative estimate of drug-likeness (QED) is 0.880. The number of hydrogen-bond donors (Lipinski definition) is 1. The van der Waals surface area contributed by atoms with E-state index < -0.39 is 0 Å². The molecule has 0 aliphatic rings. The van der Waals surface area contributed by atoms with Crippen LogP contribution in [0.5, 0.6) is 0 Å². The monoisotopic (exact) mass is 281 g/mol. The number of hydrogen-bond acceptors (Lipinski definition) is 3. The van der Waals surface area contributed by atoms with Crippen molar-refractivity contribution in [2.75, 3.05) is 5.32 Å². The molecular weight excluding hydrogens is 273 g/mol. The Bertz CT molecular complexity index is 575. The Morgan fingerprint density at radius 3 is 2.72 bits per heavy atom. The van der Waals surface area contributed by atoms with Gasteiger partial charge in [0.1, 0.15) is 5.15 Å². The summed E-state index contributed by atoms with van der Waals surface area (Å²) in [6.07, 6.45) is 1.63. The molecule has 4 nitrogen and oxygen atoms in total. The van der Waals surface area contributed by atoms with Crippen molar-refractivity contribution >= 4 is 35.1 Å². The van der Waals surface area contributed by atoms with Gasteiger partial charge in [0, 0.05) is 11.2 Å². The van der Waals surface area contributed by atoms with Crippen molar-refractivity contribution in [3.05, 3.63) is 52.3 Å². The zero-order chi connectivity index (χ0) is 13.0. The van der Waals surface area contributed by atoms with Gasteiger partial charge in [0.05, 0.1) is 6.42 Å². The number of carbonyl (C=O) groups excluding carboxylic acids is 1. The summed E-state index contributed by atoms with van der Waals surface area (Å²) in [6, 6.07) is 8.69. The van der Waals surface area contributed by atoms with Crippen LogP contribution in [0.2, 0.25) is 10.2 Å². The summed E-state index contributed by atoms with van der Waals surface area (Å²) in [6.45, 7) is 0. The number of nitrogens with one attached hydrogen (secondary N) is 1. The topological polar surface area (TPSA) is 54.9 Å². The van der Waals surface area contributed by atoms with E-state index in [1.165, 1.54) is 12.3 Å². The molecule has 0 aliphatic carbocycles. The highest BCUT2D eigenvalue weighted by Gasteiger charge is 2.08. The van der Waals surface area contributed by atoms with Gasteiger partial charge < -0.3 is 0 Å². The van der Waals surface area contributed by atoms with Gasteiger partial charge in [-0.1, -0.05) is 41.4 Å². The summed E-state index contributed by atoms with van der Waals surface area (Å²) in [5, 5.41) is 3.39. The molecular formula is C12H9Cl2N3O. The Balaban J connectivity index is 2.03. The lowest BCUT2D eigenvalue weighted by atomic mass is 10.1. The zero-order valence-corrected chi connectivity index (χ0v) is 10.7. The first kappa shape index (κ1) is 12.8. The van der Waals surface area contributed by atoms with Crippen molar-refractivity contribution < 1.29 is 4.79 Å². The van der Waals surface area contributed by atoms with E-state index in [4.69, 9.17) is 23.2 Å². The van der Waals surface area contributed by atoms with Crippen molar-refractivity contribution in [1.82, 2.24) is 9.97 Å². The Labute approximate surface area is 114 Å². The summed E-state index contributed by atoms with van der Waals surface area (Å²) in [4.78, 5) is 19.5. The minimum absolute atomic E-state index is 0.162. The minimum Gasteiger partial charge on any atom is -0.294 e. The lowest BCUT2D eigenvalue weighted by molar-refractivity contribution is -0.115. The standard InChI is InChI=1S/C12H9Cl2N3O/c13-9-4-2-1-3-8(9)7-11(18)17-12-15-6-5-10(14)16-12/h1-6H,7H2,(H,15,16,17,18). The van der Waals surface area contributed by atoms with E-state index in [0.29, 0.717) is 5.02 Å². The first-order valence-corrected chi connectivity index (χ1v) is 5.92. The van der Waals surface area contributed by atoms with Crippen molar-refractivity contribution in [1.29, 1.82) is 0 Å². The van der Waals surface area contributed by atoms with Gasteiger partial charge in [-0.25, -0.2) is 9.97 Å². The Morgan fingerprint density at radius 1 is 1.22 bits per heavy atom. The molecule has 0 unspecified atom stereocenters. The first-order chi connectivity index (χ1) is 8.65. The number of anilines is 1. The minimum atomic E-state index is -0.245. The number of halogens is 2. The lowest BCUT2D eigenvalue weighted by Crippen LogP contribution is -2.16. The van der Waals surface area contributed by atoms with Crippen LogP contribution in [0.1, 0.15) is 5.56 Å². The fourth-order valence-corrected chi connectivity index (χ4v) is 1.72. The summed E-state index contributed by atoms with van der Waals surface area (Å²) in [7, 11) is 0. The third-order valence-corrected chi connectivity index (χ3v) is 2.76. The Kier molecular flexibility index (Phi) is 4.12. The highest BCUT2D eigenvalue weighted by molar-refractivity contribution is 6.31. The summed E-state index contributed by atoms with van der Waals surface area (Å²) in [5.41, 5.74) is 0.749. The van der Waals surface area contributed by atoms with Crippen LogP contribution < -0.4 is 5.32 Å². The highest BCUT2D eigenvalue weighted by Crippen LogP contribution is 2.15. The predicted molar refractivity (Wildman–Crippen MR) is 70.8 cm³/mol. The second-order valence-corrected chi connectivity index (χ2v) is 4.31. The number of aromatic nitrogens is 2. The van der Waals surface area contributed by atoms with Crippen molar-refractivity contribution in [3.63, 3.8) is 0 Å². The normalized spacial score (nSPS) is 10.1. The molecule has 1 heterocycles. The Hall–Kier alpha value is -1.65. The van der Waals surface area contributed by atoms with Gasteiger partial charge in [-0.2, -0.15) is 0 Å². The van der Waals surface area contributed by atoms with E-state index in [0.717, 1.165) is 5.56 Å². The maximum Gasteiger partial charge on any atom is 0.231 e. The van der Waals surface area contributed by atoms with E-state index in [-0.39, 0.29) is 23.4 Å². The third-order valence-electron chi connectivity index (χ3n) is 2.18. The molecule has 0 fully saturated rings. The first-order valence-electron chi connectivity index (χ1n) is 5.17. The van der Waals surface area contributed by atoms with Crippen LogP contribution in [-0.2, 0) is 11.2 Å². The average Bonchev–Trinajstić information content (AvgIpc) is 2.32. The van der Waals surface area contributed by atoms with E-state index in [9.17, 15) is 4.79 Å². The molecule has 6 heteroatoms. The Morgan fingerprint density at radius 2 is 2.00 bits per heavy atom. The fraction of sp³-hybridized carbons (Fsp3) is 0.0833. The van der Waals surface area contributed by atoms with Crippen LogP contribution in [0.4, 0.5) is 5.95 Å². The van der Waals surface area contributed by atoms with Crippen molar-refractivity contribution in [2.24, 2.45) is 0 Å². The molecule has 2 rings (SSSR count). The predicted octanol–water partition coefficient (Wildman–Crippen LogP) is 2.96. The average molecular weight is 282 g/mol. The van der Waals surface area contributed by atoms with E-state index in [2.05, 4.69) is 15.3 Å². The van der Waals surface area contributed by atoms with E-state index in [1.54, 1.807) is 12.1 Å².